The van der Waals surface area contributed by atoms with Gasteiger partial charge in [-0.05, 0) is 13.0 Å². The Kier molecular flexibility index (Phi) is 14.2. The molecule has 0 amide bonds. The molecule has 1 aromatic rings. The zero-order chi connectivity index (χ0) is 20.5. The maximum Gasteiger partial charge on any atom is 0.146 e. The van der Waals surface area contributed by atoms with E-state index in [-0.39, 0.29) is 12.8 Å². The van der Waals surface area contributed by atoms with E-state index < -0.39 is 6.67 Å². The lowest BCUT2D eigenvalue weighted by Gasteiger charge is -2.18. The minimum atomic E-state index is -0.435. The van der Waals surface area contributed by atoms with Crippen molar-refractivity contribution in [3.05, 3.63) is 42.1 Å². The van der Waals surface area contributed by atoms with E-state index in [1.807, 2.05) is 45.1 Å². The van der Waals surface area contributed by atoms with Gasteiger partial charge in [0.05, 0.1) is 6.54 Å². The number of aliphatic hydroxyl groups excluding tert-OH is 1. The highest BCUT2D eigenvalue weighted by molar-refractivity contribution is 5.70. The van der Waals surface area contributed by atoms with Crippen LogP contribution in [0.1, 0.15) is 25.1 Å². The Hall–Kier alpha value is -2.52. The number of allylic oxidation sites excluding steroid dienone is 2. The number of nitrogens with two attached hydrogens (primary N) is 1. The molecule has 1 atom stereocenters. The predicted molar refractivity (Wildman–Crippen MR) is 109 cm³/mol. The first kappa shape index (κ1) is 24.5. The SMILES string of the molecule is CC.CN1C=CNC1CN=C/C=C\CF.Cc1ncnc(NN)c1CCO. The highest BCUT2D eigenvalue weighted by atomic mass is 19.1. The topological polar surface area (TPSA) is 112 Å². The van der Waals surface area contributed by atoms with Crippen LogP contribution in [0.2, 0.25) is 0 Å². The van der Waals surface area contributed by atoms with Crippen molar-refractivity contribution in [1.29, 1.82) is 0 Å². The van der Waals surface area contributed by atoms with Gasteiger partial charge in [0, 0.05) is 49.9 Å². The van der Waals surface area contributed by atoms with Crippen LogP contribution in [0.15, 0.2) is 35.9 Å². The molecule has 5 N–H and O–H groups in total. The molecule has 1 unspecified atom stereocenters. The van der Waals surface area contributed by atoms with E-state index in [0.29, 0.717) is 18.8 Å². The third-order valence-corrected chi connectivity index (χ3v) is 3.44. The molecule has 0 bridgehead atoms. The fraction of sp³-hybridized carbons (Fsp3) is 0.500. The summed E-state index contributed by atoms with van der Waals surface area (Å²) in [4.78, 5) is 14.1. The molecule has 0 aliphatic carbocycles. The molecule has 1 aliphatic heterocycles. The number of aryl methyl sites for hydroxylation is 1. The molecule has 0 radical (unpaired) electrons. The van der Waals surface area contributed by atoms with Gasteiger partial charge in [-0.15, -0.1) is 0 Å². The van der Waals surface area contributed by atoms with Crippen LogP contribution >= 0.6 is 0 Å². The minimum absolute atomic E-state index is 0.0723. The number of likely N-dealkylation sites (N-methyl/N-ethyl adjacent to an activating group) is 1. The zero-order valence-electron chi connectivity index (χ0n) is 16.6. The largest absolute Gasteiger partial charge is 0.396 e. The molecule has 2 rings (SSSR count). The first-order valence-corrected chi connectivity index (χ1v) is 8.87. The summed E-state index contributed by atoms with van der Waals surface area (Å²) in [5, 5.41) is 11.9. The van der Waals surface area contributed by atoms with Gasteiger partial charge in [-0.3, -0.25) is 4.99 Å². The molecule has 0 saturated carbocycles. The van der Waals surface area contributed by atoms with E-state index in [1.165, 1.54) is 12.4 Å². The molecule has 8 nitrogen and oxygen atoms in total. The zero-order valence-corrected chi connectivity index (χ0v) is 16.6. The van der Waals surface area contributed by atoms with Crippen molar-refractivity contribution in [2.24, 2.45) is 10.8 Å². The summed E-state index contributed by atoms with van der Waals surface area (Å²) >= 11 is 0. The average molecular weight is 382 g/mol. The third-order valence-electron chi connectivity index (χ3n) is 3.44. The summed E-state index contributed by atoms with van der Waals surface area (Å²) in [7, 11) is 1.98. The summed E-state index contributed by atoms with van der Waals surface area (Å²) in [5.74, 6) is 5.81. The van der Waals surface area contributed by atoms with Crippen LogP contribution in [0, 0.1) is 6.92 Å². The van der Waals surface area contributed by atoms with Crippen molar-refractivity contribution >= 4 is 12.0 Å². The van der Waals surface area contributed by atoms with Gasteiger partial charge >= 0.3 is 0 Å². The van der Waals surface area contributed by atoms with E-state index in [4.69, 9.17) is 10.9 Å². The highest BCUT2D eigenvalue weighted by Crippen LogP contribution is 2.13. The minimum Gasteiger partial charge on any atom is -0.396 e. The molecule has 152 valence electrons. The van der Waals surface area contributed by atoms with Gasteiger partial charge in [0.1, 0.15) is 25.0 Å². The van der Waals surface area contributed by atoms with Gasteiger partial charge < -0.3 is 20.7 Å². The van der Waals surface area contributed by atoms with Gasteiger partial charge in [-0.25, -0.2) is 20.2 Å². The number of aliphatic hydroxyl groups is 1. The normalized spacial score (nSPS) is 15.2. The van der Waals surface area contributed by atoms with Gasteiger partial charge in [0.15, 0.2) is 0 Å². The molecule has 0 aromatic carbocycles. The van der Waals surface area contributed by atoms with E-state index in [9.17, 15) is 4.39 Å². The molecule has 2 heterocycles. The Morgan fingerprint density at radius 2 is 2.19 bits per heavy atom. The number of nitrogen functional groups attached to an aromatic ring is 1. The van der Waals surface area contributed by atoms with Crippen molar-refractivity contribution < 1.29 is 9.50 Å². The Balaban J connectivity index is 0.000000460. The average Bonchev–Trinajstić information content (AvgIpc) is 3.10. The van der Waals surface area contributed by atoms with Crippen LogP contribution in [0.5, 0.6) is 0 Å². The van der Waals surface area contributed by atoms with Crippen molar-refractivity contribution in [2.75, 3.05) is 32.3 Å². The second kappa shape index (κ2) is 15.7. The summed E-state index contributed by atoms with van der Waals surface area (Å²) in [6.45, 7) is 6.16. The summed E-state index contributed by atoms with van der Waals surface area (Å²) in [6, 6.07) is 0. The lowest BCUT2D eigenvalue weighted by Crippen LogP contribution is -2.35. The third kappa shape index (κ3) is 9.66. The van der Waals surface area contributed by atoms with E-state index in [0.717, 1.165) is 11.3 Å². The molecule has 9 heteroatoms. The summed E-state index contributed by atoms with van der Waals surface area (Å²) in [5.41, 5.74) is 4.16. The Morgan fingerprint density at radius 3 is 2.74 bits per heavy atom. The molecule has 1 aliphatic rings. The maximum atomic E-state index is 11.6. The molecule has 27 heavy (non-hydrogen) atoms. The number of nitrogens with one attached hydrogen (secondary N) is 2. The number of aromatic nitrogens is 2. The van der Waals surface area contributed by atoms with Crippen LogP contribution < -0.4 is 16.6 Å². The van der Waals surface area contributed by atoms with Crippen molar-refractivity contribution in [1.82, 2.24) is 20.2 Å². The Morgan fingerprint density at radius 1 is 1.44 bits per heavy atom. The monoisotopic (exact) mass is 381 g/mol. The van der Waals surface area contributed by atoms with Gasteiger partial charge in [0.2, 0.25) is 0 Å². The lowest BCUT2D eigenvalue weighted by molar-refractivity contribution is 0.299. The summed E-state index contributed by atoms with van der Waals surface area (Å²) < 4.78 is 11.6. The van der Waals surface area contributed by atoms with Crippen molar-refractivity contribution in [2.45, 2.75) is 33.4 Å². The number of alkyl halides is 1. The molecular formula is C18H32FN7O. The van der Waals surface area contributed by atoms with Crippen molar-refractivity contribution in [3.63, 3.8) is 0 Å². The highest BCUT2D eigenvalue weighted by Gasteiger charge is 2.12. The second-order valence-corrected chi connectivity index (χ2v) is 5.16. The number of hydrazine groups is 1. The first-order chi connectivity index (χ1) is 13.1. The van der Waals surface area contributed by atoms with Crippen LogP contribution in [-0.4, -0.2) is 59.2 Å². The number of hydrogen-bond acceptors (Lipinski definition) is 8. The summed E-state index contributed by atoms with van der Waals surface area (Å²) in [6.07, 6.45) is 10.7. The van der Waals surface area contributed by atoms with Crippen LogP contribution in [0.3, 0.4) is 0 Å². The van der Waals surface area contributed by atoms with Gasteiger partial charge in [-0.1, -0.05) is 19.9 Å². The van der Waals surface area contributed by atoms with Gasteiger partial charge in [-0.2, -0.15) is 0 Å². The van der Waals surface area contributed by atoms with Gasteiger partial charge in [0.25, 0.3) is 0 Å². The number of anilines is 1. The Bertz CT molecular complexity index is 593. The first-order valence-electron chi connectivity index (χ1n) is 8.87. The molecular weight excluding hydrogens is 349 g/mol. The quantitative estimate of drug-likeness (QED) is 0.322. The van der Waals surface area contributed by atoms with E-state index >= 15 is 0 Å². The number of aliphatic imine (C=N–C) groups is 1. The van der Waals surface area contributed by atoms with Crippen LogP contribution in [0.25, 0.3) is 0 Å². The number of halogens is 1. The fourth-order valence-electron chi connectivity index (χ4n) is 2.04. The van der Waals surface area contributed by atoms with Crippen molar-refractivity contribution in [3.8, 4) is 0 Å². The Labute approximate surface area is 161 Å². The smallest absolute Gasteiger partial charge is 0.146 e. The number of hydrogen-bond donors (Lipinski definition) is 4. The van der Waals surface area contributed by atoms with E-state index in [2.05, 4.69) is 25.7 Å². The second-order valence-electron chi connectivity index (χ2n) is 5.16. The fourth-order valence-corrected chi connectivity index (χ4v) is 2.04. The number of rotatable bonds is 7. The molecule has 0 saturated heterocycles. The maximum absolute atomic E-state index is 11.6. The van der Waals surface area contributed by atoms with Crippen LogP contribution in [0.4, 0.5) is 10.2 Å². The molecule has 0 fully saturated rings. The number of nitrogens with zero attached hydrogens (tertiary/aromatic N) is 4. The lowest BCUT2D eigenvalue weighted by atomic mass is 10.1. The molecule has 1 aromatic heterocycles. The van der Waals surface area contributed by atoms with Crippen LogP contribution in [-0.2, 0) is 6.42 Å². The van der Waals surface area contributed by atoms with E-state index in [1.54, 1.807) is 12.3 Å². The standard InChI is InChI=1S/C9H14FN3.C7H12N4O.C2H6/c1-13-7-6-12-9(13)8-11-5-3-2-4-10;1-5-6(2-3-12)7(11-8)10-4-9-5;1-2/h2-3,5-7,9,12H,4,8H2,1H3;4,12H,2-3,8H2,1H3,(H,9,10,11);1-2H3/b3-2-,11-5?;;. The predicted octanol–water partition coefficient (Wildman–Crippen LogP) is 1.55. The molecule has 0 spiro atoms.